The molecule has 0 unspecified atom stereocenters. The lowest BCUT2D eigenvalue weighted by atomic mass is 10.1. The molecule has 0 bridgehead atoms. The molecular weight excluding hydrogens is 280 g/mol. The fourth-order valence-electron chi connectivity index (χ4n) is 1.94. The first-order valence-corrected chi connectivity index (χ1v) is 7.55. The molecule has 110 valence electrons. The zero-order valence-corrected chi connectivity index (χ0v) is 13.2. The van der Waals surface area contributed by atoms with Crippen molar-refractivity contribution in [1.29, 1.82) is 0 Å². The predicted molar refractivity (Wildman–Crippen MR) is 90.0 cm³/mol. The van der Waals surface area contributed by atoms with Gasteiger partial charge in [0.2, 0.25) is 4.77 Å². The van der Waals surface area contributed by atoms with Crippen molar-refractivity contribution >= 4 is 24.5 Å². The Kier molecular flexibility index (Phi) is 5.63. The number of rotatable bonds is 6. The van der Waals surface area contributed by atoms with Gasteiger partial charge in [0.1, 0.15) is 0 Å². The van der Waals surface area contributed by atoms with E-state index in [2.05, 4.69) is 40.4 Å². The summed E-state index contributed by atoms with van der Waals surface area (Å²) >= 11 is 5.22. The zero-order valence-electron chi connectivity index (χ0n) is 12.4. The Bertz CT molecular complexity index is 680. The quantitative estimate of drug-likeness (QED) is 0.641. The summed E-state index contributed by atoms with van der Waals surface area (Å²) in [6.45, 7) is 4.17. The van der Waals surface area contributed by atoms with Gasteiger partial charge in [0.15, 0.2) is 5.82 Å². The largest absolute Gasteiger partial charge is 0.250 e. The Hall–Kier alpha value is -2.01. The van der Waals surface area contributed by atoms with E-state index in [1.165, 1.54) is 0 Å². The van der Waals surface area contributed by atoms with Crippen LogP contribution in [0.5, 0.6) is 0 Å². The second kappa shape index (κ2) is 7.69. The van der Waals surface area contributed by atoms with Gasteiger partial charge in [-0.1, -0.05) is 49.8 Å². The van der Waals surface area contributed by atoms with Gasteiger partial charge in [-0.2, -0.15) is 14.9 Å². The number of H-pyrrole nitrogens is 1. The SMILES string of the molecule is CCCCc1n[nH]c(=S)n1N=CC(C)=Cc1ccccc1. The molecule has 1 aromatic heterocycles. The average Bonchev–Trinajstić information content (AvgIpc) is 2.84. The minimum absolute atomic E-state index is 0.532. The maximum absolute atomic E-state index is 5.22. The average molecular weight is 300 g/mol. The highest BCUT2D eigenvalue weighted by atomic mass is 32.1. The predicted octanol–water partition coefficient (Wildman–Crippen LogP) is 4.22. The topological polar surface area (TPSA) is 46.0 Å². The Morgan fingerprint density at radius 2 is 2.14 bits per heavy atom. The molecule has 21 heavy (non-hydrogen) atoms. The van der Waals surface area contributed by atoms with Gasteiger partial charge < -0.3 is 0 Å². The molecule has 2 aromatic rings. The van der Waals surface area contributed by atoms with E-state index in [0.29, 0.717) is 4.77 Å². The van der Waals surface area contributed by atoms with Crippen molar-refractivity contribution in [3.05, 3.63) is 52.1 Å². The first kappa shape index (κ1) is 15.4. The molecule has 1 heterocycles. The Labute approximate surface area is 130 Å². The van der Waals surface area contributed by atoms with Crippen LogP contribution in [-0.2, 0) is 6.42 Å². The summed E-state index contributed by atoms with van der Waals surface area (Å²) in [4.78, 5) is 0. The van der Waals surface area contributed by atoms with Gasteiger partial charge in [-0.15, -0.1) is 0 Å². The number of benzene rings is 1. The second-order valence-electron chi connectivity index (χ2n) is 4.90. The van der Waals surface area contributed by atoms with Crippen molar-refractivity contribution in [1.82, 2.24) is 14.9 Å². The number of allylic oxidation sites excluding steroid dienone is 1. The molecule has 2 rings (SSSR count). The highest BCUT2D eigenvalue weighted by Gasteiger charge is 2.03. The molecule has 0 saturated carbocycles. The lowest BCUT2D eigenvalue weighted by Crippen LogP contribution is -1.99. The summed E-state index contributed by atoms with van der Waals surface area (Å²) in [6, 6.07) is 10.2. The first-order valence-electron chi connectivity index (χ1n) is 7.14. The minimum atomic E-state index is 0.532. The Morgan fingerprint density at radius 3 is 2.86 bits per heavy atom. The van der Waals surface area contributed by atoms with E-state index < -0.39 is 0 Å². The van der Waals surface area contributed by atoms with E-state index in [1.807, 2.05) is 31.3 Å². The van der Waals surface area contributed by atoms with Crippen LogP contribution in [0.2, 0.25) is 0 Å². The molecule has 0 atom stereocenters. The van der Waals surface area contributed by atoms with E-state index in [4.69, 9.17) is 12.2 Å². The van der Waals surface area contributed by atoms with Crippen molar-refractivity contribution < 1.29 is 0 Å². The van der Waals surface area contributed by atoms with Crippen LogP contribution >= 0.6 is 12.2 Å². The Morgan fingerprint density at radius 1 is 1.38 bits per heavy atom. The van der Waals surface area contributed by atoms with Gasteiger partial charge in [-0.05, 0) is 36.7 Å². The van der Waals surface area contributed by atoms with Crippen molar-refractivity contribution in [2.45, 2.75) is 33.1 Å². The van der Waals surface area contributed by atoms with Crippen LogP contribution in [0.1, 0.15) is 38.1 Å². The molecule has 0 saturated heterocycles. The lowest BCUT2D eigenvalue weighted by molar-refractivity contribution is 0.700. The van der Waals surface area contributed by atoms with Crippen LogP contribution in [-0.4, -0.2) is 21.1 Å². The third-order valence-corrected chi connectivity index (χ3v) is 3.31. The molecule has 4 nitrogen and oxygen atoms in total. The molecule has 5 heteroatoms. The minimum Gasteiger partial charge on any atom is -0.250 e. The molecule has 1 aromatic carbocycles. The summed E-state index contributed by atoms with van der Waals surface area (Å²) in [5, 5.41) is 11.5. The van der Waals surface area contributed by atoms with E-state index in [1.54, 1.807) is 4.68 Å². The first-order chi connectivity index (χ1) is 10.2. The number of aromatic nitrogens is 3. The third kappa shape index (κ3) is 4.49. The van der Waals surface area contributed by atoms with E-state index in [9.17, 15) is 0 Å². The summed E-state index contributed by atoms with van der Waals surface area (Å²) < 4.78 is 2.23. The monoisotopic (exact) mass is 300 g/mol. The molecule has 0 amide bonds. The normalized spacial score (nSPS) is 12.2. The molecule has 1 N–H and O–H groups in total. The molecule has 0 aliphatic heterocycles. The van der Waals surface area contributed by atoms with Crippen molar-refractivity contribution in [2.24, 2.45) is 5.10 Å². The van der Waals surface area contributed by atoms with Crippen LogP contribution in [0.3, 0.4) is 0 Å². The fraction of sp³-hybridized carbons (Fsp3) is 0.312. The van der Waals surface area contributed by atoms with E-state index in [0.717, 1.165) is 36.2 Å². The number of nitrogens with one attached hydrogen (secondary N) is 1. The Balaban J connectivity index is 2.15. The van der Waals surface area contributed by atoms with Gasteiger partial charge in [-0.3, -0.25) is 5.10 Å². The summed E-state index contributed by atoms with van der Waals surface area (Å²) in [6.07, 6.45) is 6.97. The smallest absolute Gasteiger partial charge is 0.216 e. The number of hydrogen-bond donors (Lipinski definition) is 1. The van der Waals surface area contributed by atoms with Crippen LogP contribution in [0.15, 0.2) is 41.0 Å². The standard InChI is InChI=1S/C16H20N4S/c1-3-4-10-15-18-19-16(21)20(15)17-12-13(2)11-14-8-6-5-7-9-14/h5-9,11-12H,3-4,10H2,1-2H3,(H,19,21). The highest BCUT2D eigenvalue weighted by Crippen LogP contribution is 2.06. The van der Waals surface area contributed by atoms with Crippen LogP contribution in [0, 0.1) is 4.77 Å². The van der Waals surface area contributed by atoms with Crippen molar-refractivity contribution in [2.75, 3.05) is 0 Å². The van der Waals surface area contributed by atoms with E-state index >= 15 is 0 Å². The molecular formula is C16H20N4S. The molecule has 0 spiro atoms. The fourth-order valence-corrected chi connectivity index (χ4v) is 2.14. The lowest BCUT2D eigenvalue weighted by Gasteiger charge is -1.99. The van der Waals surface area contributed by atoms with Gasteiger partial charge in [0.25, 0.3) is 0 Å². The van der Waals surface area contributed by atoms with Crippen LogP contribution in [0.25, 0.3) is 6.08 Å². The number of aryl methyl sites for hydroxylation is 1. The second-order valence-corrected chi connectivity index (χ2v) is 5.29. The molecule has 0 radical (unpaired) electrons. The summed E-state index contributed by atoms with van der Waals surface area (Å²) in [5.41, 5.74) is 2.22. The summed E-state index contributed by atoms with van der Waals surface area (Å²) in [7, 11) is 0. The van der Waals surface area contributed by atoms with Gasteiger partial charge in [0.05, 0.1) is 6.21 Å². The van der Waals surface area contributed by atoms with Crippen LogP contribution in [0.4, 0.5) is 0 Å². The van der Waals surface area contributed by atoms with Crippen molar-refractivity contribution in [3.8, 4) is 0 Å². The van der Waals surface area contributed by atoms with Gasteiger partial charge in [-0.25, -0.2) is 0 Å². The summed E-state index contributed by atoms with van der Waals surface area (Å²) in [5.74, 6) is 0.880. The number of aromatic amines is 1. The number of unbranched alkanes of at least 4 members (excludes halogenated alkanes) is 1. The van der Waals surface area contributed by atoms with Gasteiger partial charge in [0, 0.05) is 6.42 Å². The molecule has 0 fully saturated rings. The molecule has 0 aliphatic rings. The van der Waals surface area contributed by atoms with Gasteiger partial charge >= 0.3 is 0 Å². The number of nitrogens with zero attached hydrogens (tertiary/aromatic N) is 3. The van der Waals surface area contributed by atoms with Crippen LogP contribution < -0.4 is 0 Å². The number of hydrogen-bond acceptors (Lipinski definition) is 3. The third-order valence-electron chi connectivity index (χ3n) is 3.04. The zero-order chi connectivity index (χ0) is 15.1. The highest BCUT2D eigenvalue weighted by molar-refractivity contribution is 7.71. The van der Waals surface area contributed by atoms with Crippen molar-refractivity contribution in [3.63, 3.8) is 0 Å². The maximum atomic E-state index is 5.22. The maximum Gasteiger partial charge on any atom is 0.216 e. The van der Waals surface area contributed by atoms with E-state index in [-0.39, 0.29) is 0 Å². The molecule has 0 aliphatic carbocycles.